The summed E-state index contributed by atoms with van der Waals surface area (Å²) in [5, 5.41) is 8.03. The molecule has 1 unspecified atom stereocenters. The Bertz CT molecular complexity index is 596. The van der Waals surface area contributed by atoms with E-state index in [0.717, 1.165) is 11.1 Å². The summed E-state index contributed by atoms with van der Waals surface area (Å²) >= 11 is 0. The number of carbonyl (C=O) groups is 1. The Kier molecular flexibility index (Phi) is 4.54. The zero-order valence-electron chi connectivity index (χ0n) is 11.4. The highest BCUT2D eigenvalue weighted by atomic mass is 32.2. The van der Waals surface area contributed by atoms with Crippen molar-refractivity contribution in [2.24, 2.45) is 5.14 Å². The van der Waals surface area contributed by atoms with Crippen molar-refractivity contribution in [1.82, 2.24) is 0 Å². The maximum absolute atomic E-state index is 11.4. The second-order valence-corrected chi connectivity index (χ2v) is 5.91. The predicted molar refractivity (Wildman–Crippen MR) is 72.4 cm³/mol. The zero-order valence-corrected chi connectivity index (χ0v) is 12.2. The SMILES string of the molecule is COC(=O)C(C)Nc1cc(S(N)(=O)=O)cc(C)c1C. The van der Waals surface area contributed by atoms with Gasteiger partial charge in [-0.2, -0.15) is 0 Å². The summed E-state index contributed by atoms with van der Waals surface area (Å²) in [4.78, 5) is 11.4. The number of rotatable bonds is 4. The van der Waals surface area contributed by atoms with Crippen LogP contribution in [0.1, 0.15) is 18.1 Å². The minimum atomic E-state index is -3.78. The fourth-order valence-corrected chi connectivity index (χ4v) is 2.23. The molecule has 106 valence electrons. The Hall–Kier alpha value is -1.60. The molecule has 0 amide bonds. The van der Waals surface area contributed by atoms with Crippen LogP contribution in [0.15, 0.2) is 17.0 Å². The summed E-state index contributed by atoms with van der Waals surface area (Å²) in [7, 11) is -2.49. The maximum Gasteiger partial charge on any atom is 0.327 e. The number of esters is 1. The van der Waals surface area contributed by atoms with Gasteiger partial charge in [0.15, 0.2) is 0 Å². The molecule has 0 fully saturated rings. The molecule has 19 heavy (non-hydrogen) atoms. The molecule has 3 N–H and O–H groups in total. The largest absolute Gasteiger partial charge is 0.467 e. The lowest BCUT2D eigenvalue weighted by molar-refractivity contribution is -0.141. The quantitative estimate of drug-likeness (QED) is 0.802. The summed E-state index contributed by atoms with van der Waals surface area (Å²) < 4.78 is 27.4. The predicted octanol–water partition coefficient (Wildman–Crippen LogP) is 0.924. The molecule has 0 saturated carbocycles. The third kappa shape index (κ3) is 3.68. The fraction of sp³-hybridized carbons (Fsp3) is 0.417. The molecule has 0 saturated heterocycles. The van der Waals surface area contributed by atoms with Gasteiger partial charge in [-0.3, -0.25) is 0 Å². The highest BCUT2D eigenvalue weighted by molar-refractivity contribution is 7.89. The highest BCUT2D eigenvalue weighted by Gasteiger charge is 2.17. The van der Waals surface area contributed by atoms with Crippen LogP contribution >= 0.6 is 0 Å². The molecule has 0 radical (unpaired) electrons. The van der Waals surface area contributed by atoms with Gasteiger partial charge in [-0.25, -0.2) is 18.4 Å². The third-order valence-corrected chi connectivity index (χ3v) is 3.79. The molecule has 0 bridgehead atoms. The first-order valence-corrected chi connectivity index (χ1v) is 7.20. The van der Waals surface area contributed by atoms with Gasteiger partial charge in [-0.05, 0) is 44.0 Å². The van der Waals surface area contributed by atoms with Crippen LogP contribution in [0.25, 0.3) is 0 Å². The van der Waals surface area contributed by atoms with E-state index in [1.165, 1.54) is 19.2 Å². The van der Waals surface area contributed by atoms with Gasteiger partial charge >= 0.3 is 5.97 Å². The van der Waals surface area contributed by atoms with E-state index < -0.39 is 22.0 Å². The molecular formula is C12H18N2O4S. The highest BCUT2D eigenvalue weighted by Crippen LogP contribution is 2.24. The van der Waals surface area contributed by atoms with Crippen LogP contribution in [-0.4, -0.2) is 27.5 Å². The van der Waals surface area contributed by atoms with Crippen molar-refractivity contribution < 1.29 is 17.9 Å². The van der Waals surface area contributed by atoms with Gasteiger partial charge in [0, 0.05) is 5.69 Å². The van der Waals surface area contributed by atoms with E-state index in [9.17, 15) is 13.2 Å². The van der Waals surface area contributed by atoms with Crippen LogP contribution in [0.3, 0.4) is 0 Å². The smallest absolute Gasteiger partial charge is 0.327 e. The Morgan fingerprint density at radius 2 is 1.95 bits per heavy atom. The molecule has 0 heterocycles. The lowest BCUT2D eigenvalue weighted by Gasteiger charge is -2.17. The van der Waals surface area contributed by atoms with E-state index >= 15 is 0 Å². The molecule has 1 aromatic carbocycles. The minimum absolute atomic E-state index is 0.00941. The van der Waals surface area contributed by atoms with Gasteiger partial charge in [0.25, 0.3) is 0 Å². The van der Waals surface area contributed by atoms with Gasteiger partial charge in [0.2, 0.25) is 10.0 Å². The topological polar surface area (TPSA) is 98.5 Å². The monoisotopic (exact) mass is 286 g/mol. The number of methoxy groups -OCH3 is 1. The van der Waals surface area contributed by atoms with E-state index in [-0.39, 0.29) is 4.90 Å². The number of primary sulfonamides is 1. The summed E-state index contributed by atoms with van der Waals surface area (Å²) in [6, 6.07) is 2.33. The first-order valence-electron chi connectivity index (χ1n) is 5.65. The van der Waals surface area contributed by atoms with Crippen molar-refractivity contribution in [3.63, 3.8) is 0 Å². The average Bonchev–Trinajstić information content (AvgIpc) is 2.32. The van der Waals surface area contributed by atoms with Gasteiger partial charge in [-0.1, -0.05) is 0 Å². The number of nitrogens with two attached hydrogens (primary N) is 1. The number of hydrogen-bond acceptors (Lipinski definition) is 5. The molecule has 0 aliphatic carbocycles. The Morgan fingerprint density at radius 3 is 2.42 bits per heavy atom. The average molecular weight is 286 g/mol. The lowest BCUT2D eigenvalue weighted by Crippen LogP contribution is -2.27. The number of hydrogen-bond donors (Lipinski definition) is 2. The van der Waals surface area contributed by atoms with Crippen molar-refractivity contribution in [3.05, 3.63) is 23.3 Å². The zero-order chi connectivity index (χ0) is 14.8. The molecule has 1 aromatic rings. The van der Waals surface area contributed by atoms with Crippen LogP contribution in [0.5, 0.6) is 0 Å². The summed E-state index contributed by atoms with van der Waals surface area (Å²) in [6.07, 6.45) is 0. The van der Waals surface area contributed by atoms with Crippen molar-refractivity contribution in [3.8, 4) is 0 Å². The third-order valence-electron chi connectivity index (χ3n) is 2.90. The fourth-order valence-electron chi connectivity index (χ4n) is 1.61. The molecule has 0 aliphatic heterocycles. The molecule has 0 aliphatic rings. The molecule has 1 rings (SSSR count). The van der Waals surface area contributed by atoms with Crippen LogP contribution in [0, 0.1) is 13.8 Å². The van der Waals surface area contributed by atoms with Gasteiger partial charge in [-0.15, -0.1) is 0 Å². The van der Waals surface area contributed by atoms with Crippen molar-refractivity contribution in [2.45, 2.75) is 31.7 Å². The number of benzene rings is 1. The number of aryl methyl sites for hydroxylation is 1. The van der Waals surface area contributed by atoms with Crippen LogP contribution in [0.4, 0.5) is 5.69 Å². The van der Waals surface area contributed by atoms with Crippen LogP contribution < -0.4 is 10.5 Å². The number of carbonyl (C=O) groups excluding carboxylic acids is 1. The standard InChI is InChI=1S/C12H18N2O4S/c1-7-5-10(19(13,16)17)6-11(8(7)2)14-9(3)12(15)18-4/h5-6,9,14H,1-4H3,(H2,13,16,17). The second-order valence-electron chi connectivity index (χ2n) is 4.35. The summed E-state index contributed by atoms with van der Waals surface area (Å²) in [6.45, 7) is 5.23. The van der Waals surface area contributed by atoms with E-state index in [2.05, 4.69) is 10.1 Å². The molecule has 7 heteroatoms. The minimum Gasteiger partial charge on any atom is -0.467 e. The molecule has 0 spiro atoms. The van der Waals surface area contributed by atoms with Crippen molar-refractivity contribution >= 4 is 21.7 Å². The number of ether oxygens (including phenoxy) is 1. The first kappa shape index (κ1) is 15.5. The van der Waals surface area contributed by atoms with Gasteiger partial charge in [0.05, 0.1) is 12.0 Å². The van der Waals surface area contributed by atoms with E-state index in [4.69, 9.17) is 5.14 Å². The Balaban J connectivity index is 3.21. The Labute approximate surface area is 113 Å². The van der Waals surface area contributed by atoms with Crippen molar-refractivity contribution in [1.29, 1.82) is 0 Å². The lowest BCUT2D eigenvalue weighted by atomic mass is 10.1. The summed E-state index contributed by atoms with van der Waals surface area (Å²) in [5.74, 6) is -0.432. The molecular weight excluding hydrogens is 268 g/mol. The van der Waals surface area contributed by atoms with E-state index in [1.54, 1.807) is 13.8 Å². The number of anilines is 1. The summed E-state index contributed by atoms with van der Waals surface area (Å²) in [5.41, 5.74) is 2.16. The van der Waals surface area contributed by atoms with Crippen LogP contribution in [-0.2, 0) is 19.6 Å². The van der Waals surface area contributed by atoms with Crippen molar-refractivity contribution in [2.75, 3.05) is 12.4 Å². The Morgan fingerprint density at radius 1 is 1.37 bits per heavy atom. The maximum atomic E-state index is 11.4. The first-order chi connectivity index (χ1) is 8.66. The number of sulfonamides is 1. The molecule has 0 aromatic heterocycles. The van der Waals surface area contributed by atoms with Crippen LogP contribution in [0.2, 0.25) is 0 Å². The second kappa shape index (κ2) is 5.58. The van der Waals surface area contributed by atoms with E-state index in [1.807, 2.05) is 6.92 Å². The number of nitrogens with one attached hydrogen (secondary N) is 1. The van der Waals surface area contributed by atoms with Gasteiger partial charge < -0.3 is 10.1 Å². The van der Waals surface area contributed by atoms with E-state index in [0.29, 0.717) is 5.69 Å². The molecule has 6 nitrogen and oxygen atoms in total. The normalized spacial score (nSPS) is 12.9. The molecule has 1 atom stereocenters. The van der Waals surface area contributed by atoms with Gasteiger partial charge in [0.1, 0.15) is 6.04 Å².